The van der Waals surface area contributed by atoms with Crippen molar-refractivity contribution in [2.45, 2.75) is 23.7 Å². The van der Waals surface area contributed by atoms with E-state index in [4.69, 9.17) is 25.9 Å². The zero-order chi connectivity index (χ0) is 8.43. The van der Waals surface area contributed by atoms with E-state index in [0.717, 1.165) is 0 Å². The van der Waals surface area contributed by atoms with Crippen molar-refractivity contribution in [3.8, 4) is 12.3 Å². The molecule has 0 saturated carbocycles. The lowest BCUT2D eigenvalue weighted by Gasteiger charge is -2.30. The zero-order valence-electron chi connectivity index (χ0n) is 5.54. The van der Waals surface area contributed by atoms with Gasteiger partial charge in [0.1, 0.15) is 12.2 Å². The highest BCUT2D eigenvalue weighted by atomic mass is 32.2. The van der Waals surface area contributed by atoms with Gasteiger partial charge in [-0.1, -0.05) is 5.92 Å². The van der Waals surface area contributed by atoms with Gasteiger partial charge < -0.3 is 15.3 Å². The lowest BCUT2D eigenvalue weighted by molar-refractivity contribution is -0.0752. The Bertz CT molecular complexity index is 178. The summed E-state index contributed by atoms with van der Waals surface area (Å²) in [5.74, 6) is 2.14. The molecule has 0 aromatic heterocycles. The van der Waals surface area contributed by atoms with Gasteiger partial charge in [-0.05, 0) is 0 Å². The number of terminal acetylenes is 1. The number of hydrogen-bond acceptors (Lipinski definition) is 5. The normalized spacial score (nSPS) is 44.9. The number of aliphatic hydroxyl groups excluding tert-OH is 3. The lowest BCUT2D eigenvalue weighted by Crippen LogP contribution is -2.47. The summed E-state index contributed by atoms with van der Waals surface area (Å²) in [6, 6.07) is 0. The third-order valence-electron chi connectivity index (χ3n) is 1.37. The smallest absolute Gasteiger partial charge is 0.161 e. The van der Waals surface area contributed by atoms with E-state index in [1.807, 2.05) is 0 Å². The van der Waals surface area contributed by atoms with Crippen molar-refractivity contribution in [3.05, 3.63) is 0 Å². The summed E-state index contributed by atoms with van der Waals surface area (Å²) in [5.41, 5.74) is -1.13. The fourth-order valence-electron chi connectivity index (χ4n) is 0.705. The molecule has 0 spiro atoms. The van der Waals surface area contributed by atoms with Crippen molar-refractivity contribution in [1.29, 1.82) is 0 Å². The first-order valence-corrected chi connectivity index (χ1v) is 3.79. The van der Waals surface area contributed by atoms with Gasteiger partial charge in [0.2, 0.25) is 0 Å². The summed E-state index contributed by atoms with van der Waals surface area (Å²) in [6.45, 7) is 0. The topological polar surface area (TPSA) is 69.9 Å². The third-order valence-corrected chi connectivity index (χ3v) is 2.17. The second-order valence-electron chi connectivity index (χ2n) is 2.15. The highest BCUT2D eigenvalue weighted by Crippen LogP contribution is 2.26. The minimum Gasteiger partial charge on any atom is -0.387 e. The Kier molecular flexibility index (Phi) is 2.76. The molecule has 0 aromatic carbocycles. The van der Waals surface area contributed by atoms with Crippen molar-refractivity contribution in [3.63, 3.8) is 0 Å². The Labute approximate surface area is 68.4 Å². The Balaban J connectivity index is 2.61. The van der Waals surface area contributed by atoms with Gasteiger partial charge in [0.05, 0.1) is 0 Å². The molecule has 1 unspecified atom stereocenters. The summed E-state index contributed by atoms with van der Waals surface area (Å²) in [4.78, 5) is 0. The van der Waals surface area contributed by atoms with E-state index in [2.05, 4.69) is 5.92 Å². The van der Waals surface area contributed by atoms with Crippen LogP contribution in [0.1, 0.15) is 0 Å². The van der Waals surface area contributed by atoms with Crippen LogP contribution in [-0.4, -0.2) is 39.1 Å². The highest BCUT2D eigenvalue weighted by molar-refractivity contribution is 7.95. The first-order valence-electron chi connectivity index (χ1n) is 2.99. The third kappa shape index (κ3) is 1.67. The molecule has 1 heterocycles. The van der Waals surface area contributed by atoms with E-state index in [1.165, 1.54) is 0 Å². The minimum absolute atomic E-state index is 0.666. The van der Waals surface area contributed by atoms with E-state index in [1.54, 1.807) is 0 Å². The molecule has 1 aliphatic heterocycles. The van der Waals surface area contributed by atoms with Crippen LogP contribution in [0.5, 0.6) is 0 Å². The van der Waals surface area contributed by atoms with Crippen LogP contribution in [0.15, 0.2) is 0 Å². The lowest BCUT2D eigenvalue weighted by atomic mass is 10.1. The van der Waals surface area contributed by atoms with E-state index in [9.17, 15) is 0 Å². The number of hydrogen-bond donors (Lipinski definition) is 3. The van der Waals surface area contributed by atoms with Gasteiger partial charge in [-0.25, -0.2) is 0 Å². The van der Waals surface area contributed by atoms with Crippen molar-refractivity contribution in [2.75, 3.05) is 0 Å². The van der Waals surface area contributed by atoms with Gasteiger partial charge >= 0.3 is 0 Å². The SMILES string of the molecule is C#CC1OS[C@@H](O)[C@H](O)[C@@H]1O. The number of aliphatic hydroxyl groups is 3. The molecule has 1 aliphatic rings. The highest BCUT2D eigenvalue weighted by Gasteiger charge is 2.37. The summed E-state index contributed by atoms with van der Waals surface area (Å²) in [6.07, 6.45) is 1.66. The van der Waals surface area contributed by atoms with Gasteiger partial charge in [0, 0.05) is 12.0 Å². The quantitative estimate of drug-likeness (QED) is 0.316. The van der Waals surface area contributed by atoms with Crippen LogP contribution in [0.25, 0.3) is 0 Å². The maximum Gasteiger partial charge on any atom is 0.161 e. The first-order chi connectivity index (χ1) is 5.16. The van der Waals surface area contributed by atoms with Gasteiger partial charge in [-0.15, -0.1) is 6.42 Å². The molecule has 11 heavy (non-hydrogen) atoms. The van der Waals surface area contributed by atoms with Gasteiger partial charge in [0.25, 0.3) is 0 Å². The second-order valence-corrected chi connectivity index (χ2v) is 3.02. The van der Waals surface area contributed by atoms with Crippen LogP contribution < -0.4 is 0 Å². The maximum atomic E-state index is 9.12. The van der Waals surface area contributed by atoms with Gasteiger partial charge in [-0.3, -0.25) is 4.18 Å². The van der Waals surface area contributed by atoms with Crippen LogP contribution in [0.2, 0.25) is 0 Å². The Morgan fingerprint density at radius 3 is 2.45 bits per heavy atom. The largest absolute Gasteiger partial charge is 0.387 e. The second kappa shape index (κ2) is 3.43. The predicted octanol–water partition coefficient (Wildman–Crippen LogP) is -1.29. The van der Waals surface area contributed by atoms with Crippen molar-refractivity contribution >= 4 is 12.0 Å². The summed E-state index contributed by atoms with van der Waals surface area (Å²) in [5, 5.41) is 27.1. The molecule has 1 rings (SSSR count). The van der Waals surface area contributed by atoms with Crippen molar-refractivity contribution in [2.24, 2.45) is 0 Å². The Morgan fingerprint density at radius 2 is 1.91 bits per heavy atom. The first kappa shape index (κ1) is 8.84. The molecule has 0 radical (unpaired) electrons. The molecule has 3 N–H and O–H groups in total. The number of rotatable bonds is 0. The molecule has 0 bridgehead atoms. The van der Waals surface area contributed by atoms with Gasteiger partial charge in [-0.2, -0.15) is 0 Å². The van der Waals surface area contributed by atoms with E-state index in [0.29, 0.717) is 12.0 Å². The molecular formula is C6H8O4S. The molecule has 0 aliphatic carbocycles. The molecule has 4 nitrogen and oxygen atoms in total. The average molecular weight is 176 g/mol. The standard InChI is InChI=1S/C6H8O4S/c1-2-3-4(7)5(8)6(9)11-10-3/h1,3-9H/t3?,4-,5-,6-/m1/s1. The molecule has 0 amide bonds. The Morgan fingerprint density at radius 1 is 1.27 bits per heavy atom. The van der Waals surface area contributed by atoms with E-state index in [-0.39, 0.29) is 0 Å². The van der Waals surface area contributed by atoms with Crippen LogP contribution in [0.3, 0.4) is 0 Å². The molecule has 0 aromatic rings. The van der Waals surface area contributed by atoms with Crippen LogP contribution >= 0.6 is 12.0 Å². The summed E-state index contributed by atoms with van der Waals surface area (Å²) >= 11 is 0.666. The molecule has 4 atom stereocenters. The summed E-state index contributed by atoms with van der Waals surface area (Å²) in [7, 11) is 0. The van der Waals surface area contributed by atoms with Crippen LogP contribution in [-0.2, 0) is 4.18 Å². The minimum atomic E-state index is -1.24. The van der Waals surface area contributed by atoms with E-state index < -0.39 is 23.7 Å². The summed E-state index contributed by atoms with van der Waals surface area (Å²) < 4.78 is 4.74. The molecule has 5 heteroatoms. The fourth-order valence-corrected chi connectivity index (χ4v) is 1.38. The average Bonchev–Trinajstić information content (AvgIpc) is 2.01. The monoisotopic (exact) mass is 176 g/mol. The van der Waals surface area contributed by atoms with Crippen LogP contribution in [0.4, 0.5) is 0 Å². The van der Waals surface area contributed by atoms with E-state index >= 15 is 0 Å². The zero-order valence-corrected chi connectivity index (χ0v) is 6.36. The van der Waals surface area contributed by atoms with Crippen molar-refractivity contribution < 1.29 is 19.5 Å². The molecular weight excluding hydrogens is 168 g/mol. The molecule has 1 saturated heterocycles. The fraction of sp³-hybridized carbons (Fsp3) is 0.667. The molecule has 1 fully saturated rings. The molecule has 62 valence electrons. The maximum absolute atomic E-state index is 9.12. The predicted molar refractivity (Wildman–Crippen MR) is 39.3 cm³/mol. The Hall–Kier alpha value is -0.250. The van der Waals surface area contributed by atoms with Crippen molar-refractivity contribution in [1.82, 2.24) is 0 Å². The van der Waals surface area contributed by atoms with Gasteiger partial charge in [0.15, 0.2) is 11.5 Å². The van der Waals surface area contributed by atoms with Crippen LogP contribution in [0, 0.1) is 12.3 Å².